The fourth-order valence-corrected chi connectivity index (χ4v) is 2.07. The third-order valence-corrected chi connectivity index (χ3v) is 3.07. The monoisotopic (exact) mass is 243 g/mol. The molecule has 3 rings (SSSR count). The predicted octanol–water partition coefficient (Wildman–Crippen LogP) is 2.93. The highest BCUT2D eigenvalue weighted by Crippen LogP contribution is 2.28. The number of furan rings is 1. The van der Waals surface area contributed by atoms with Crippen molar-refractivity contribution in [2.45, 2.75) is 0 Å². The van der Waals surface area contributed by atoms with Crippen molar-refractivity contribution < 1.29 is 8.94 Å². The molecule has 0 saturated carbocycles. The molecule has 5 nitrogen and oxygen atoms in total. The first-order chi connectivity index (χ1) is 8.36. The summed E-state index contributed by atoms with van der Waals surface area (Å²) in [6.07, 6.45) is 1.55. The van der Waals surface area contributed by atoms with Gasteiger partial charge in [-0.3, -0.25) is 0 Å². The van der Waals surface area contributed by atoms with Crippen LogP contribution in [0.15, 0.2) is 39.5 Å². The molecule has 0 bridgehead atoms. The lowest BCUT2D eigenvalue weighted by Gasteiger charge is -1.83. The molecule has 3 heterocycles. The van der Waals surface area contributed by atoms with E-state index in [0.717, 1.165) is 4.88 Å². The van der Waals surface area contributed by atoms with Crippen LogP contribution in [0.25, 0.3) is 22.4 Å². The fraction of sp³-hybridized carbons (Fsp3) is 0. The molecule has 0 aliphatic rings. The Morgan fingerprint density at radius 1 is 1.29 bits per heavy atom. The Morgan fingerprint density at radius 3 is 2.94 bits per heavy atom. The maximum absolute atomic E-state index is 8.73. The molecule has 0 aliphatic heterocycles. The second-order valence-corrected chi connectivity index (χ2v) is 4.26. The third kappa shape index (κ3) is 1.73. The van der Waals surface area contributed by atoms with Gasteiger partial charge >= 0.3 is 0 Å². The molecule has 0 aromatic carbocycles. The van der Waals surface area contributed by atoms with Gasteiger partial charge in [0.25, 0.3) is 5.89 Å². The van der Waals surface area contributed by atoms with Crippen LogP contribution < -0.4 is 0 Å². The van der Waals surface area contributed by atoms with Crippen LogP contribution in [-0.2, 0) is 0 Å². The van der Waals surface area contributed by atoms with E-state index in [1.165, 1.54) is 11.3 Å². The Labute approximate surface area is 99.9 Å². The zero-order valence-corrected chi connectivity index (χ0v) is 9.27. The summed E-state index contributed by atoms with van der Waals surface area (Å²) >= 11 is 1.31. The van der Waals surface area contributed by atoms with Crippen molar-refractivity contribution in [1.82, 2.24) is 10.1 Å². The van der Waals surface area contributed by atoms with Crippen LogP contribution in [0.2, 0.25) is 0 Å². The molecule has 0 atom stereocenters. The molecule has 0 radical (unpaired) electrons. The lowest BCUT2D eigenvalue weighted by atomic mass is 10.4. The van der Waals surface area contributed by atoms with E-state index < -0.39 is 0 Å². The second-order valence-electron chi connectivity index (χ2n) is 3.18. The Bertz CT molecular complexity index is 676. The zero-order valence-electron chi connectivity index (χ0n) is 8.45. The molecule has 17 heavy (non-hydrogen) atoms. The Morgan fingerprint density at radius 2 is 2.24 bits per heavy atom. The van der Waals surface area contributed by atoms with Gasteiger partial charge in [-0.2, -0.15) is 10.2 Å². The van der Waals surface area contributed by atoms with E-state index in [1.807, 2.05) is 0 Å². The number of aromatic nitrogens is 2. The van der Waals surface area contributed by atoms with E-state index >= 15 is 0 Å². The predicted molar refractivity (Wildman–Crippen MR) is 60.0 cm³/mol. The van der Waals surface area contributed by atoms with Crippen molar-refractivity contribution in [3.05, 3.63) is 35.4 Å². The van der Waals surface area contributed by atoms with E-state index in [9.17, 15) is 0 Å². The highest BCUT2D eigenvalue weighted by molar-refractivity contribution is 7.15. The summed E-state index contributed by atoms with van der Waals surface area (Å²) in [4.78, 5) is 5.58. The lowest BCUT2D eigenvalue weighted by Crippen LogP contribution is -1.75. The van der Waals surface area contributed by atoms with Crippen molar-refractivity contribution >= 4 is 11.3 Å². The summed E-state index contributed by atoms with van der Waals surface area (Å²) < 4.78 is 10.3. The minimum atomic E-state index is 0.392. The highest BCUT2D eigenvalue weighted by Gasteiger charge is 2.13. The maximum atomic E-state index is 8.73. The smallest absolute Gasteiger partial charge is 0.268 e. The minimum Gasteiger partial charge on any atom is -0.461 e. The van der Waals surface area contributed by atoms with Crippen LogP contribution in [0.3, 0.4) is 0 Å². The molecule has 0 fully saturated rings. The van der Waals surface area contributed by atoms with Crippen LogP contribution in [0, 0.1) is 11.3 Å². The van der Waals surface area contributed by atoms with Gasteiger partial charge in [-0.25, -0.2) is 0 Å². The Hall–Kier alpha value is -2.39. The van der Waals surface area contributed by atoms with E-state index in [-0.39, 0.29) is 0 Å². The lowest BCUT2D eigenvalue weighted by molar-refractivity contribution is 0.430. The first-order valence-electron chi connectivity index (χ1n) is 4.75. The second kappa shape index (κ2) is 3.88. The summed E-state index contributed by atoms with van der Waals surface area (Å²) in [5.41, 5.74) is 0. The summed E-state index contributed by atoms with van der Waals surface area (Å²) in [7, 11) is 0. The molecule has 6 heteroatoms. The number of thiophene rings is 1. The van der Waals surface area contributed by atoms with Gasteiger partial charge in [0.1, 0.15) is 10.9 Å². The molecule has 0 unspecified atom stereocenters. The van der Waals surface area contributed by atoms with Gasteiger partial charge < -0.3 is 8.94 Å². The molecule has 0 spiro atoms. The van der Waals surface area contributed by atoms with Gasteiger partial charge in [-0.05, 0) is 24.3 Å². The largest absolute Gasteiger partial charge is 0.461 e. The zero-order chi connectivity index (χ0) is 11.7. The average molecular weight is 243 g/mol. The number of nitriles is 1. The first kappa shape index (κ1) is 9.81. The van der Waals surface area contributed by atoms with E-state index in [2.05, 4.69) is 16.2 Å². The van der Waals surface area contributed by atoms with Crippen molar-refractivity contribution in [2.24, 2.45) is 0 Å². The number of hydrogen-bond donors (Lipinski definition) is 0. The van der Waals surface area contributed by atoms with Crippen LogP contribution in [-0.4, -0.2) is 10.1 Å². The van der Waals surface area contributed by atoms with Crippen LogP contribution in [0.4, 0.5) is 0 Å². The molecular weight excluding hydrogens is 238 g/mol. The average Bonchev–Trinajstić information content (AvgIpc) is 3.09. The van der Waals surface area contributed by atoms with Crippen molar-refractivity contribution in [3.8, 4) is 28.4 Å². The van der Waals surface area contributed by atoms with E-state index in [0.29, 0.717) is 22.4 Å². The van der Waals surface area contributed by atoms with E-state index in [4.69, 9.17) is 14.2 Å². The van der Waals surface area contributed by atoms with Gasteiger partial charge in [0.15, 0.2) is 5.76 Å². The molecule has 0 aliphatic carbocycles. The quantitative estimate of drug-likeness (QED) is 0.691. The summed E-state index contributed by atoms with van der Waals surface area (Å²) in [5, 5.41) is 12.5. The molecule has 0 saturated heterocycles. The first-order valence-corrected chi connectivity index (χ1v) is 5.56. The van der Waals surface area contributed by atoms with Gasteiger partial charge in [-0.15, -0.1) is 11.3 Å². The number of nitrogens with zero attached hydrogens (tertiary/aromatic N) is 3. The van der Waals surface area contributed by atoms with Gasteiger partial charge in [-0.1, -0.05) is 5.16 Å². The van der Waals surface area contributed by atoms with E-state index in [1.54, 1.807) is 30.5 Å². The van der Waals surface area contributed by atoms with Crippen LogP contribution >= 0.6 is 11.3 Å². The Kier molecular flexibility index (Phi) is 2.24. The Balaban J connectivity index is 1.98. The van der Waals surface area contributed by atoms with Crippen molar-refractivity contribution in [3.63, 3.8) is 0 Å². The minimum absolute atomic E-state index is 0.392. The fourth-order valence-electron chi connectivity index (χ4n) is 1.34. The topological polar surface area (TPSA) is 75.8 Å². The molecule has 3 aromatic heterocycles. The molecule has 82 valence electrons. The van der Waals surface area contributed by atoms with Gasteiger partial charge in [0.2, 0.25) is 5.82 Å². The molecule has 0 N–H and O–H groups in total. The maximum Gasteiger partial charge on any atom is 0.268 e. The normalized spacial score (nSPS) is 10.3. The number of hydrogen-bond acceptors (Lipinski definition) is 6. The van der Waals surface area contributed by atoms with Gasteiger partial charge in [0, 0.05) is 0 Å². The van der Waals surface area contributed by atoms with Crippen LogP contribution in [0.1, 0.15) is 4.88 Å². The highest BCUT2D eigenvalue weighted by atomic mass is 32.1. The van der Waals surface area contributed by atoms with Crippen molar-refractivity contribution in [2.75, 3.05) is 0 Å². The standard InChI is InChI=1S/C11H5N3O2S/c12-6-7-3-4-9(17-7)11-13-10(14-16-11)8-2-1-5-15-8/h1-5H. The number of rotatable bonds is 2. The molecule has 3 aromatic rings. The molecule has 0 amide bonds. The summed E-state index contributed by atoms with van der Waals surface area (Å²) in [6.45, 7) is 0. The van der Waals surface area contributed by atoms with Gasteiger partial charge in [0.05, 0.1) is 11.1 Å². The summed E-state index contributed by atoms with van der Waals surface area (Å²) in [5.74, 6) is 1.34. The van der Waals surface area contributed by atoms with Crippen LogP contribution in [0.5, 0.6) is 0 Å². The SMILES string of the molecule is N#Cc1ccc(-c2nc(-c3ccco3)no2)s1. The van der Waals surface area contributed by atoms with Crippen molar-refractivity contribution in [1.29, 1.82) is 5.26 Å². The third-order valence-electron chi connectivity index (χ3n) is 2.09. The summed E-state index contributed by atoms with van der Waals surface area (Å²) in [6, 6.07) is 9.07. The molecular formula is C11H5N3O2S.